The van der Waals surface area contributed by atoms with Crippen molar-refractivity contribution >= 4 is 26.3 Å². The van der Waals surface area contributed by atoms with E-state index in [1.165, 1.54) is 5.39 Å². The standard InChI is InChI=1S/C9H6NSi/c11-8-5-1-3-7-4-2-6-10-9(7)8/h1-6H. The molecule has 0 aliphatic rings. The molecule has 0 unspecified atom stereocenters. The number of rotatable bonds is 0. The summed E-state index contributed by atoms with van der Waals surface area (Å²) in [6.45, 7) is 0. The lowest BCUT2D eigenvalue weighted by atomic mass is 10.2. The summed E-state index contributed by atoms with van der Waals surface area (Å²) in [6, 6.07) is 10.0. The van der Waals surface area contributed by atoms with E-state index in [0.29, 0.717) is 0 Å². The summed E-state index contributed by atoms with van der Waals surface area (Å²) >= 11 is 0. The van der Waals surface area contributed by atoms with Crippen LogP contribution in [-0.2, 0) is 0 Å². The molecule has 0 bridgehead atoms. The molecule has 0 amide bonds. The minimum absolute atomic E-state index is 1.02. The highest BCUT2D eigenvalue weighted by Crippen LogP contribution is 2.05. The molecule has 0 spiro atoms. The molecule has 51 valence electrons. The van der Waals surface area contributed by atoms with Crippen molar-refractivity contribution in [3.63, 3.8) is 0 Å². The molecule has 2 aromatic rings. The van der Waals surface area contributed by atoms with E-state index >= 15 is 0 Å². The molecule has 0 aliphatic heterocycles. The fourth-order valence-electron chi connectivity index (χ4n) is 1.10. The Kier molecular flexibility index (Phi) is 1.47. The fraction of sp³-hybridized carbons (Fsp3) is 0. The Morgan fingerprint density at radius 3 is 2.73 bits per heavy atom. The van der Waals surface area contributed by atoms with E-state index in [1.54, 1.807) is 6.20 Å². The van der Waals surface area contributed by atoms with Crippen molar-refractivity contribution in [2.45, 2.75) is 0 Å². The normalized spacial score (nSPS) is 10.3. The number of aromatic nitrogens is 1. The highest BCUT2D eigenvalue weighted by atomic mass is 28.1. The van der Waals surface area contributed by atoms with E-state index in [9.17, 15) is 0 Å². The SMILES string of the molecule is [Si]c1cccc2cccnc12. The van der Waals surface area contributed by atoms with Crippen molar-refractivity contribution in [2.75, 3.05) is 0 Å². The van der Waals surface area contributed by atoms with Gasteiger partial charge in [-0.05, 0) is 16.6 Å². The first kappa shape index (κ1) is 6.55. The molecule has 0 saturated carbocycles. The van der Waals surface area contributed by atoms with Crippen LogP contribution in [0.3, 0.4) is 0 Å². The lowest BCUT2D eigenvalue weighted by Crippen LogP contribution is -2.03. The summed E-state index contributed by atoms with van der Waals surface area (Å²) < 4.78 is 0. The number of nitrogens with zero attached hydrogens (tertiary/aromatic N) is 1. The van der Waals surface area contributed by atoms with Gasteiger partial charge >= 0.3 is 0 Å². The smallest absolute Gasteiger partial charge is 0.0742 e. The molecular formula is C9H6NSi. The van der Waals surface area contributed by atoms with Gasteiger partial charge in [0.2, 0.25) is 0 Å². The Balaban J connectivity index is 2.91. The van der Waals surface area contributed by atoms with Crippen molar-refractivity contribution in [3.8, 4) is 0 Å². The predicted molar refractivity (Wildman–Crippen MR) is 47.1 cm³/mol. The second-order valence-electron chi connectivity index (χ2n) is 2.38. The maximum absolute atomic E-state index is 4.23. The van der Waals surface area contributed by atoms with Gasteiger partial charge in [0, 0.05) is 6.20 Å². The van der Waals surface area contributed by atoms with Gasteiger partial charge in [0.25, 0.3) is 0 Å². The Labute approximate surface area is 68.5 Å². The lowest BCUT2D eigenvalue weighted by molar-refractivity contribution is 1.42. The van der Waals surface area contributed by atoms with E-state index in [-0.39, 0.29) is 0 Å². The number of hydrogen-bond acceptors (Lipinski definition) is 1. The maximum Gasteiger partial charge on any atom is 0.0742 e. The average Bonchev–Trinajstić information content (AvgIpc) is 2.06. The van der Waals surface area contributed by atoms with Crippen molar-refractivity contribution in [1.29, 1.82) is 0 Å². The summed E-state index contributed by atoms with van der Waals surface area (Å²) in [5, 5.41) is 2.21. The van der Waals surface area contributed by atoms with Crippen molar-refractivity contribution in [2.24, 2.45) is 0 Å². The molecule has 2 heteroatoms. The molecule has 1 aromatic heterocycles. The first-order valence-electron chi connectivity index (χ1n) is 3.43. The van der Waals surface area contributed by atoms with Crippen molar-refractivity contribution in [1.82, 2.24) is 4.98 Å². The molecule has 0 atom stereocenters. The molecule has 1 aromatic carbocycles. The summed E-state index contributed by atoms with van der Waals surface area (Å²) in [4.78, 5) is 4.23. The van der Waals surface area contributed by atoms with Gasteiger partial charge < -0.3 is 0 Å². The second-order valence-corrected chi connectivity index (χ2v) is 2.92. The molecule has 1 heterocycles. The molecular weight excluding hydrogens is 150 g/mol. The van der Waals surface area contributed by atoms with Crippen LogP contribution in [0.25, 0.3) is 10.9 Å². The second kappa shape index (κ2) is 2.47. The molecule has 2 rings (SSSR count). The van der Waals surface area contributed by atoms with E-state index in [4.69, 9.17) is 0 Å². The molecule has 0 fully saturated rings. The third kappa shape index (κ3) is 1.05. The van der Waals surface area contributed by atoms with E-state index in [1.807, 2.05) is 30.3 Å². The summed E-state index contributed by atoms with van der Waals surface area (Å²) in [6.07, 6.45) is 1.80. The van der Waals surface area contributed by atoms with Crippen LogP contribution >= 0.6 is 0 Å². The largest absolute Gasteiger partial charge is 0.256 e. The Morgan fingerprint density at radius 2 is 1.91 bits per heavy atom. The third-order valence-corrected chi connectivity index (χ3v) is 2.04. The lowest BCUT2D eigenvalue weighted by Gasteiger charge is -1.97. The third-order valence-electron chi connectivity index (χ3n) is 1.63. The van der Waals surface area contributed by atoms with E-state index in [0.717, 1.165) is 10.7 Å². The molecule has 0 saturated heterocycles. The molecule has 0 N–H and O–H groups in total. The maximum atomic E-state index is 4.23. The monoisotopic (exact) mass is 156 g/mol. The van der Waals surface area contributed by atoms with Crippen LogP contribution in [0.4, 0.5) is 0 Å². The first-order valence-corrected chi connectivity index (χ1v) is 3.93. The van der Waals surface area contributed by atoms with Gasteiger partial charge in [-0.15, -0.1) is 0 Å². The molecule has 1 nitrogen and oxygen atoms in total. The van der Waals surface area contributed by atoms with Crippen LogP contribution in [0.1, 0.15) is 0 Å². The zero-order valence-corrected chi connectivity index (χ0v) is 6.91. The van der Waals surface area contributed by atoms with Crippen LogP contribution in [0.15, 0.2) is 36.5 Å². The molecule has 0 aliphatic carbocycles. The Hall–Kier alpha value is -1.15. The molecule has 11 heavy (non-hydrogen) atoms. The zero-order chi connectivity index (χ0) is 7.68. The van der Waals surface area contributed by atoms with Crippen molar-refractivity contribution < 1.29 is 0 Å². The highest BCUT2D eigenvalue weighted by molar-refractivity contribution is 6.38. The van der Waals surface area contributed by atoms with Crippen LogP contribution in [0.5, 0.6) is 0 Å². The zero-order valence-electron chi connectivity index (χ0n) is 5.91. The Morgan fingerprint density at radius 1 is 1.09 bits per heavy atom. The average molecular weight is 156 g/mol. The van der Waals surface area contributed by atoms with Gasteiger partial charge in [-0.2, -0.15) is 0 Å². The predicted octanol–water partition coefficient (Wildman–Crippen LogP) is 1.03. The Bertz CT molecular complexity index is 379. The van der Waals surface area contributed by atoms with Crippen molar-refractivity contribution in [3.05, 3.63) is 36.5 Å². The number of benzene rings is 1. The van der Waals surface area contributed by atoms with Gasteiger partial charge in [-0.1, -0.05) is 24.3 Å². The van der Waals surface area contributed by atoms with Crippen LogP contribution < -0.4 is 5.19 Å². The van der Waals surface area contributed by atoms with Crippen LogP contribution in [-0.4, -0.2) is 15.2 Å². The topological polar surface area (TPSA) is 12.9 Å². The summed E-state index contributed by atoms with van der Waals surface area (Å²) in [5.74, 6) is 0. The fourth-order valence-corrected chi connectivity index (χ4v) is 1.41. The number of hydrogen-bond donors (Lipinski definition) is 0. The summed E-state index contributed by atoms with van der Waals surface area (Å²) in [7, 11) is 3.48. The number of fused-ring (bicyclic) bond motifs is 1. The summed E-state index contributed by atoms with van der Waals surface area (Å²) in [5.41, 5.74) is 1.02. The van der Waals surface area contributed by atoms with Gasteiger partial charge in [0.1, 0.15) is 0 Å². The van der Waals surface area contributed by atoms with Gasteiger partial charge in [0.05, 0.1) is 15.8 Å². The van der Waals surface area contributed by atoms with Crippen LogP contribution in [0.2, 0.25) is 0 Å². The highest BCUT2D eigenvalue weighted by Gasteiger charge is 1.93. The minimum atomic E-state index is 1.02. The number of pyridine rings is 1. The van der Waals surface area contributed by atoms with Gasteiger partial charge in [-0.25, -0.2) is 0 Å². The van der Waals surface area contributed by atoms with Gasteiger partial charge in [-0.3, -0.25) is 4.98 Å². The van der Waals surface area contributed by atoms with Crippen LogP contribution in [0, 0.1) is 0 Å². The molecule has 3 radical (unpaired) electrons. The quantitative estimate of drug-likeness (QED) is 0.519. The van der Waals surface area contributed by atoms with E-state index in [2.05, 4.69) is 15.2 Å². The first-order chi connectivity index (χ1) is 5.38. The minimum Gasteiger partial charge on any atom is -0.256 e. The van der Waals surface area contributed by atoms with Gasteiger partial charge in [0.15, 0.2) is 0 Å². The number of para-hydroxylation sites is 1. The van der Waals surface area contributed by atoms with E-state index < -0.39 is 0 Å².